The third-order valence-electron chi connectivity index (χ3n) is 5.58. The number of ether oxygens (including phenoxy) is 1. The zero-order valence-electron chi connectivity index (χ0n) is 17.4. The number of carboxylic acid groups (broad SMARTS) is 1. The van der Waals surface area contributed by atoms with Crippen LogP contribution in [0, 0.1) is 5.82 Å². The van der Waals surface area contributed by atoms with Crippen LogP contribution < -0.4 is 10.1 Å². The molecule has 3 heterocycles. The van der Waals surface area contributed by atoms with Gasteiger partial charge in [0.05, 0.1) is 18.4 Å². The van der Waals surface area contributed by atoms with Crippen molar-refractivity contribution >= 4 is 11.9 Å². The van der Waals surface area contributed by atoms with Crippen LogP contribution in [-0.2, 0) is 4.79 Å². The third kappa shape index (κ3) is 5.84. The van der Waals surface area contributed by atoms with Gasteiger partial charge in [-0.2, -0.15) is 13.2 Å². The number of hydrogen-bond donors (Lipinski definition) is 2. The normalized spacial score (nSPS) is 19.8. The molecule has 1 aromatic carbocycles. The maximum atomic E-state index is 13.1. The Hall–Kier alpha value is -2.95. The number of para-hydroxylation sites is 1. The van der Waals surface area contributed by atoms with E-state index in [0.717, 1.165) is 50.2 Å². The number of piperidine rings is 1. The number of fused-ring (bicyclic) bond motifs is 1. The molecule has 2 aliphatic heterocycles. The van der Waals surface area contributed by atoms with E-state index in [4.69, 9.17) is 14.6 Å². The fourth-order valence-corrected chi connectivity index (χ4v) is 3.87. The van der Waals surface area contributed by atoms with Crippen LogP contribution in [0.4, 0.5) is 23.5 Å². The molecule has 7 nitrogen and oxygen atoms in total. The summed E-state index contributed by atoms with van der Waals surface area (Å²) in [5.41, 5.74) is 0.955. The lowest BCUT2D eigenvalue weighted by Crippen LogP contribution is -2.51. The topological polar surface area (TPSA) is 87.6 Å². The standard InChI is InChI=1S/C19H23FN4O.C2HF3O2/c1-2-24-9-7-19(8-10-24)11-16(15-5-3-4-6-17(15)25-19)23-18-21-12-14(20)13-22-18;3-2(4,5)1(6)7/h3-6,12-13,16H,2,7-11H2,1H3,(H,21,22,23);(H,6,7). The van der Waals surface area contributed by atoms with E-state index in [1.54, 1.807) is 0 Å². The minimum atomic E-state index is -5.08. The summed E-state index contributed by atoms with van der Waals surface area (Å²) in [4.78, 5) is 19.5. The number of carboxylic acids is 1. The summed E-state index contributed by atoms with van der Waals surface area (Å²) < 4.78 is 51.3. The second-order valence-corrected chi connectivity index (χ2v) is 7.69. The van der Waals surface area contributed by atoms with E-state index in [2.05, 4.69) is 33.2 Å². The van der Waals surface area contributed by atoms with Crippen molar-refractivity contribution in [2.45, 2.75) is 44.0 Å². The van der Waals surface area contributed by atoms with Crippen LogP contribution in [0.25, 0.3) is 0 Å². The molecule has 1 fully saturated rings. The molecule has 2 aromatic rings. The van der Waals surface area contributed by atoms with Crippen molar-refractivity contribution in [3.8, 4) is 5.75 Å². The summed E-state index contributed by atoms with van der Waals surface area (Å²) in [6, 6.07) is 8.18. The van der Waals surface area contributed by atoms with Crippen LogP contribution in [0.5, 0.6) is 5.75 Å². The Morgan fingerprint density at radius 1 is 1.25 bits per heavy atom. The maximum Gasteiger partial charge on any atom is 0.490 e. The van der Waals surface area contributed by atoms with Crippen molar-refractivity contribution in [3.63, 3.8) is 0 Å². The summed E-state index contributed by atoms with van der Waals surface area (Å²) in [7, 11) is 0. The Bertz CT molecular complexity index is 916. The molecule has 11 heteroatoms. The molecule has 0 amide bonds. The third-order valence-corrected chi connectivity index (χ3v) is 5.58. The summed E-state index contributed by atoms with van der Waals surface area (Å²) in [5, 5.41) is 10.5. The number of nitrogens with zero attached hydrogens (tertiary/aromatic N) is 3. The molecule has 2 N–H and O–H groups in total. The lowest BCUT2D eigenvalue weighted by atomic mass is 9.80. The number of nitrogens with one attached hydrogen (secondary N) is 1. The number of halogens is 4. The molecular formula is C21H24F4N4O3. The number of aromatic nitrogens is 2. The number of benzene rings is 1. The zero-order chi connectivity index (χ0) is 23.4. The summed E-state index contributed by atoms with van der Waals surface area (Å²) >= 11 is 0. The van der Waals surface area contributed by atoms with Gasteiger partial charge >= 0.3 is 12.1 Å². The Kier molecular flexibility index (Phi) is 7.17. The second kappa shape index (κ2) is 9.68. The summed E-state index contributed by atoms with van der Waals surface area (Å²) in [6.45, 7) is 5.39. The molecule has 0 aliphatic carbocycles. The minimum Gasteiger partial charge on any atom is -0.487 e. The zero-order valence-corrected chi connectivity index (χ0v) is 17.4. The maximum absolute atomic E-state index is 13.1. The van der Waals surface area contributed by atoms with Crippen molar-refractivity contribution in [2.75, 3.05) is 25.0 Å². The van der Waals surface area contributed by atoms with Crippen molar-refractivity contribution < 1.29 is 32.2 Å². The predicted molar refractivity (Wildman–Crippen MR) is 108 cm³/mol. The van der Waals surface area contributed by atoms with Gasteiger partial charge in [0.1, 0.15) is 11.4 Å². The molecule has 0 radical (unpaired) electrons. The number of alkyl halides is 3. The highest BCUT2D eigenvalue weighted by Crippen LogP contribution is 2.45. The van der Waals surface area contributed by atoms with Gasteiger partial charge < -0.3 is 20.1 Å². The highest BCUT2D eigenvalue weighted by molar-refractivity contribution is 5.73. The molecule has 1 saturated heterocycles. The van der Waals surface area contributed by atoms with Gasteiger partial charge in [0.15, 0.2) is 5.82 Å². The van der Waals surface area contributed by atoms with Gasteiger partial charge in [0.25, 0.3) is 0 Å². The minimum absolute atomic E-state index is 0.0589. The van der Waals surface area contributed by atoms with E-state index in [1.807, 2.05) is 18.2 Å². The van der Waals surface area contributed by atoms with Crippen molar-refractivity contribution in [3.05, 3.63) is 48.0 Å². The van der Waals surface area contributed by atoms with Crippen LogP contribution in [0.1, 0.15) is 37.8 Å². The highest BCUT2D eigenvalue weighted by Gasteiger charge is 2.43. The molecule has 0 saturated carbocycles. The number of anilines is 1. The Morgan fingerprint density at radius 3 is 2.41 bits per heavy atom. The second-order valence-electron chi connectivity index (χ2n) is 7.69. The smallest absolute Gasteiger partial charge is 0.487 e. The van der Waals surface area contributed by atoms with Gasteiger partial charge in [-0.15, -0.1) is 0 Å². The number of aliphatic carboxylic acids is 1. The fourth-order valence-electron chi connectivity index (χ4n) is 3.87. The number of hydrogen-bond acceptors (Lipinski definition) is 6. The largest absolute Gasteiger partial charge is 0.490 e. The van der Waals surface area contributed by atoms with Crippen molar-refractivity contribution in [1.82, 2.24) is 14.9 Å². The molecule has 2 aliphatic rings. The Labute approximate surface area is 182 Å². The van der Waals surface area contributed by atoms with Gasteiger partial charge in [0.2, 0.25) is 5.95 Å². The van der Waals surface area contributed by atoms with Crippen LogP contribution in [-0.4, -0.2) is 57.4 Å². The molecule has 1 atom stereocenters. The van der Waals surface area contributed by atoms with Gasteiger partial charge in [-0.25, -0.2) is 19.2 Å². The number of rotatable bonds is 3. The molecule has 0 bridgehead atoms. The van der Waals surface area contributed by atoms with Crippen LogP contribution >= 0.6 is 0 Å². The molecule has 4 rings (SSSR count). The first-order chi connectivity index (χ1) is 15.1. The van der Waals surface area contributed by atoms with Gasteiger partial charge in [-0.3, -0.25) is 0 Å². The lowest BCUT2D eigenvalue weighted by Gasteiger charge is -2.46. The molecule has 1 unspecified atom stereocenters. The Balaban J connectivity index is 0.000000360. The quantitative estimate of drug-likeness (QED) is 0.674. The first-order valence-corrected chi connectivity index (χ1v) is 10.2. The van der Waals surface area contributed by atoms with Gasteiger partial charge in [0, 0.05) is 25.1 Å². The average molecular weight is 456 g/mol. The highest BCUT2D eigenvalue weighted by atomic mass is 19.4. The number of likely N-dealkylation sites (tertiary alicyclic amines) is 1. The first-order valence-electron chi connectivity index (χ1n) is 10.2. The summed E-state index contributed by atoms with van der Waals surface area (Å²) in [6.07, 6.45) is 0.184. The van der Waals surface area contributed by atoms with Crippen LogP contribution in [0.15, 0.2) is 36.7 Å². The first kappa shape index (κ1) is 23.7. The van der Waals surface area contributed by atoms with E-state index < -0.39 is 18.0 Å². The van der Waals surface area contributed by atoms with Crippen molar-refractivity contribution in [2.24, 2.45) is 0 Å². The molecular weight excluding hydrogens is 432 g/mol. The lowest BCUT2D eigenvalue weighted by molar-refractivity contribution is -0.192. The van der Waals surface area contributed by atoms with E-state index >= 15 is 0 Å². The predicted octanol–water partition coefficient (Wildman–Crippen LogP) is 4.04. The average Bonchev–Trinajstić information content (AvgIpc) is 2.76. The SMILES string of the molecule is CCN1CCC2(CC1)CC(Nc1ncc(F)cn1)c1ccccc1O2.O=C(O)C(F)(F)F. The fraction of sp³-hybridized carbons (Fsp3) is 0.476. The Morgan fingerprint density at radius 2 is 1.84 bits per heavy atom. The molecule has 174 valence electrons. The summed E-state index contributed by atoms with van der Waals surface area (Å²) in [5.74, 6) is -1.81. The van der Waals surface area contributed by atoms with E-state index in [-0.39, 0.29) is 11.6 Å². The van der Waals surface area contributed by atoms with Crippen LogP contribution in [0.3, 0.4) is 0 Å². The van der Waals surface area contributed by atoms with Crippen molar-refractivity contribution in [1.29, 1.82) is 0 Å². The molecule has 1 aromatic heterocycles. The molecule has 1 spiro atoms. The van der Waals surface area contributed by atoms with Crippen LogP contribution in [0.2, 0.25) is 0 Å². The van der Waals surface area contributed by atoms with Gasteiger partial charge in [-0.1, -0.05) is 25.1 Å². The van der Waals surface area contributed by atoms with E-state index in [9.17, 15) is 17.6 Å². The molecule has 32 heavy (non-hydrogen) atoms. The van der Waals surface area contributed by atoms with Gasteiger partial charge in [-0.05, 0) is 25.5 Å². The van der Waals surface area contributed by atoms with E-state index in [1.165, 1.54) is 12.4 Å². The van der Waals surface area contributed by atoms with E-state index in [0.29, 0.717) is 5.95 Å². The monoisotopic (exact) mass is 456 g/mol. The number of carbonyl (C=O) groups is 1.